The molecule has 0 heterocycles. The van der Waals surface area contributed by atoms with Gasteiger partial charge < -0.3 is 0 Å². The second-order valence-corrected chi connectivity index (χ2v) is 4.20. The number of hydrogen-bond donors (Lipinski definition) is 0. The minimum Gasteiger partial charge on any atom is -0.0877 e. The van der Waals surface area contributed by atoms with Crippen molar-refractivity contribution in [2.75, 3.05) is 0 Å². The number of rotatable bonds is 4. The molecule has 0 aliphatic rings. The lowest BCUT2D eigenvalue weighted by molar-refractivity contribution is 0.665. The Hall–Kier alpha value is -1.04. The molecule has 1 radical (unpaired) electrons. The lowest BCUT2D eigenvalue weighted by atomic mass is 9.84. The molecule has 0 nitrogen and oxygen atoms in total. The summed E-state index contributed by atoms with van der Waals surface area (Å²) in [6.45, 7) is 6.69. The monoisotopic (exact) mass is 187 g/mol. The van der Waals surface area contributed by atoms with Gasteiger partial charge in [0.25, 0.3) is 0 Å². The molecule has 14 heavy (non-hydrogen) atoms. The maximum Gasteiger partial charge on any atom is 0.00753 e. The van der Waals surface area contributed by atoms with E-state index >= 15 is 0 Å². The number of hydrogen-bond acceptors (Lipinski definition) is 0. The molecule has 0 N–H and O–H groups in total. The average Bonchev–Trinajstić information content (AvgIpc) is 2.19. The van der Waals surface area contributed by atoms with Crippen molar-refractivity contribution in [1.82, 2.24) is 0 Å². The molecule has 0 fully saturated rings. The molecular formula is C14H19. The van der Waals surface area contributed by atoms with Gasteiger partial charge in [0.2, 0.25) is 0 Å². The first-order chi connectivity index (χ1) is 6.67. The standard InChI is InChI=1S/C14H19/c1-4-5-9-12-14(2,3)13-10-7-6-8-11-13/h7-12H,4-5H2,1-3H3. The molecule has 0 aliphatic carbocycles. The van der Waals surface area contributed by atoms with Crippen molar-refractivity contribution in [1.29, 1.82) is 0 Å². The van der Waals surface area contributed by atoms with E-state index in [-0.39, 0.29) is 5.41 Å². The summed E-state index contributed by atoms with van der Waals surface area (Å²) < 4.78 is 0. The second kappa shape index (κ2) is 4.99. The molecule has 1 aromatic carbocycles. The van der Waals surface area contributed by atoms with E-state index in [1.54, 1.807) is 0 Å². The Kier molecular flexibility index (Phi) is 3.94. The van der Waals surface area contributed by atoms with Crippen molar-refractivity contribution in [2.45, 2.75) is 39.0 Å². The highest BCUT2D eigenvalue weighted by atomic mass is 14.2. The van der Waals surface area contributed by atoms with E-state index in [1.807, 2.05) is 12.1 Å². The lowest BCUT2D eigenvalue weighted by Crippen LogP contribution is -2.12. The Balaban J connectivity index is 2.75. The van der Waals surface area contributed by atoms with Gasteiger partial charge in [-0.15, -0.1) is 0 Å². The van der Waals surface area contributed by atoms with Gasteiger partial charge in [-0.1, -0.05) is 63.6 Å². The summed E-state index contributed by atoms with van der Waals surface area (Å²) in [4.78, 5) is 0. The normalized spacial score (nSPS) is 12.2. The zero-order valence-electron chi connectivity index (χ0n) is 9.38. The van der Waals surface area contributed by atoms with E-state index in [0.29, 0.717) is 0 Å². The van der Waals surface area contributed by atoms with Crippen molar-refractivity contribution < 1.29 is 0 Å². The van der Waals surface area contributed by atoms with Gasteiger partial charge in [-0.3, -0.25) is 0 Å². The van der Waals surface area contributed by atoms with Crippen molar-refractivity contribution in [2.24, 2.45) is 0 Å². The Morgan fingerprint density at radius 1 is 1.29 bits per heavy atom. The van der Waals surface area contributed by atoms with Crippen LogP contribution in [0.1, 0.15) is 39.2 Å². The van der Waals surface area contributed by atoms with Crippen molar-refractivity contribution in [3.63, 3.8) is 0 Å². The van der Waals surface area contributed by atoms with Crippen molar-refractivity contribution in [3.8, 4) is 0 Å². The number of unbranched alkanes of at least 4 members (excludes halogenated alkanes) is 1. The molecule has 1 aromatic rings. The molecule has 0 aromatic heterocycles. The predicted octanol–water partition coefficient (Wildman–Crippen LogP) is 4.12. The summed E-state index contributed by atoms with van der Waals surface area (Å²) in [5.41, 5.74) is 1.49. The van der Waals surface area contributed by atoms with Gasteiger partial charge in [-0.25, -0.2) is 0 Å². The summed E-state index contributed by atoms with van der Waals surface area (Å²) >= 11 is 0. The molecule has 0 bridgehead atoms. The molecule has 0 saturated carbocycles. The van der Waals surface area contributed by atoms with Gasteiger partial charge in [0.05, 0.1) is 0 Å². The quantitative estimate of drug-likeness (QED) is 0.622. The largest absolute Gasteiger partial charge is 0.0877 e. The second-order valence-electron chi connectivity index (χ2n) is 4.20. The highest BCUT2D eigenvalue weighted by Crippen LogP contribution is 2.24. The highest BCUT2D eigenvalue weighted by molar-refractivity contribution is 5.28. The average molecular weight is 187 g/mol. The fourth-order valence-corrected chi connectivity index (χ4v) is 1.46. The predicted molar refractivity (Wildman–Crippen MR) is 62.4 cm³/mol. The third-order valence-corrected chi connectivity index (χ3v) is 2.45. The van der Waals surface area contributed by atoms with E-state index in [4.69, 9.17) is 0 Å². The first-order valence-electron chi connectivity index (χ1n) is 5.31. The molecule has 0 aliphatic heterocycles. The van der Waals surface area contributed by atoms with Gasteiger partial charge in [-0.05, 0) is 18.1 Å². The molecule has 0 saturated heterocycles. The molecule has 1 rings (SSSR count). The summed E-state index contributed by atoms with van der Waals surface area (Å²) in [6, 6.07) is 11.3. The van der Waals surface area contributed by atoms with Gasteiger partial charge >= 0.3 is 0 Å². The minimum absolute atomic E-state index is 0.143. The van der Waals surface area contributed by atoms with Crippen molar-refractivity contribution >= 4 is 0 Å². The molecule has 0 amide bonds. The molecule has 75 valence electrons. The third kappa shape index (κ3) is 3.02. The fourth-order valence-electron chi connectivity index (χ4n) is 1.46. The zero-order chi connectivity index (χ0) is 10.4. The first-order valence-corrected chi connectivity index (χ1v) is 5.31. The van der Waals surface area contributed by atoms with E-state index in [9.17, 15) is 0 Å². The molecule has 0 heteroatoms. The van der Waals surface area contributed by atoms with Crippen LogP contribution in [0.3, 0.4) is 0 Å². The van der Waals surface area contributed by atoms with Crippen LogP contribution in [0.4, 0.5) is 0 Å². The Bertz CT molecular complexity index is 280. The maximum atomic E-state index is 3.05. The summed E-state index contributed by atoms with van der Waals surface area (Å²) in [6.07, 6.45) is 6.96. The third-order valence-electron chi connectivity index (χ3n) is 2.45. The van der Waals surface area contributed by atoms with Crippen LogP contribution in [-0.4, -0.2) is 0 Å². The molecule has 0 atom stereocenters. The van der Waals surface area contributed by atoms with Crippen LogP contribution >= 0.6 is 0 Å². The zero-order valence-corrected chi connectivity index (χ0v) is 9.38. The molecular weight excluding hydrogens is 168 g/mol. The van der Waals surface area contributed by atoms with E-state index in [2.05, 4.69) is 51.1 Å². The Labute approximate surface area is 87.7 Å². The molecule has 0 spiro atoms. The first kappa shape index (κ1) is 11.0. The molecule has 0 unspecified atom stereocenters. The van der Waals surface area contributed by atoms with E-state index in [0.717, 1.165) is 0 Å². The fraction of sp³-hybridized carbons (Fsp3) is 0.429. The Morgan fingerprint density at radius 3 is 2.50 bits per heavy atom. The van der Waals surface area contributed by atoms with E-state index in [1.165, 1.54) is 18.4 Å². The van der Waals surface area contributed by atoms with Crippen LogP contribution in [0.5, 0.6) is 0 Å². The van der Waals surface area contributed by atoms with Crippen LogP contribution in [0.2, 0.25) is 0 Å². The van der Waals surface area contributed by atoms with Crippen LogP contribution in [0.15, 0.2) is 36.4 Å². The number of allylic oxidation sites excluding steroid dienone is 2. The minimum atomic E-state index is 0.143. The lowest BCUT2D eigenvalue weighted by Gasteiger charge is -2.20. The van der Waals surface area contributed by atoms with Crippen LogP contribution in [0.25, 0.3) is 0 Å². The van der Waals surface area contributed by atoms with Crippen LogP contribution in [0, 0.1) is 6.07 Å². The SMILES string of the molecule is CCCC=CC(C)(C)c1cc[c]cc1. The van der Waals surface area contributed by atoms with Crippen LogP contribution in [-0.2, 0) is 5.41 Å². The van der Waals surface area contributed by atoms with Crippen LogP contribution < -0.4 is 0 Å². The Morgan fingerprint density at radius 2 is 1.93 bits per heavy atom. The van der Waals surface area contributed by atoms with E-state index < -0.39 is 0 Å². The van der Waals surface area contributed by atoms with Gasteiger partial charge in [0.1, 0.15) is 0 Å². The van der Waals surface area contributed by atoms with Crippen molar-refractivity contribution in [3.05, 3.63) is 48.0 Å². The summed E-state index contributed by atoms with van der Waals surface area (Å²) in [5, 5.41) is 0. The maximum absolute atomic E-state index is 3.05. The smallest absolute Gasteiger partial charge is 0.00753 e. The number of benzene rings is 1. The topological polar surface area (TPSA) is 0 Å². The van der Waals surface area contributed by atoms with Gasteiger partial charge in [0.15, 0.2) is 0 Å². The highest BCUT2D eigenvalue weighted by Gasteiger charge is 2.15. The summed E-state index contributed by atoms with van der Waals surface area (Å²) in [7, 11) is 0. The summed E-state index contributed by atoms with van der Waals surface area (Å²) in [5.74, 6) is 0. The van der Waals surface area contributed by atoms with Gasteiger partial charge in [-0.2, -0.15) is 0 Å². The van der Waals surface area contributed by atoms with Gasteiger partial charge in [0, 0.05) is 5.41 Å².